The molecule has 3 rings (SSSR count). The first kappa shape index (κ1) is 13.2. The minimum absolute atomic E-state index is 0.374. The Balaban J connectivity index is 2.13. The van der Waals surface area contributed by atoms with Gasteiger partial charge in [-0.1, -0.05) is 12.1 Å². The van der Waals surface area contributed by atoms with Crippen LogP contribution in [0.25, 0.3) is 22.1 Å². The second kappa shape index (κ2) is 5.32. The van der Waals surface area contributed by atoms with Crippen LogP contribution in [0.5, 0.6) is 5.75 Å². The van der Waals surface area contributed by atoms with Crippen LogP contribution >= 0.6 is 0 Å². The molecule has 0 atom stereocenters. The van der Waals surface area contributed by atoms with E-state index >= 15 is 0 Å². The van der Waals surface area contributed by atoms with Crippen molar-refractivity contribution in [2.75, 3.05) is 12.3 Å². The SMILES string of the molecule is CCOc1ccc2cc(-c3ccc(N)cc3)c(=O)oc2c1. The molecule has 21 heavy (non-hydrogen) atoms. The number of hydrogen-bond donors (Lipinski definition) is 1. The Labute approximate surface area is 121 Å². The number of nitrogens with two attached hydrogens (primary N) is 1. The highest BCUT2D eigenvalue weighted by atomic mass is 16.5. The molecule has 1 aromatic heterocycles. The predicted molar refractivity (Wildman–Crippen MR) is 83.5 cm³/mol. The lowest BCUT2D eigenvalue weighted by Gasteiger charge is -2.06. The van der Waals surface area contributed by atoms with Gasteiger partial charge in [-0.25, -0.2) is 4.79 Å². The maximum absolute atomic E-state index is 12.1. The van der Waals surface area contributed by atoms with Crippen LogP contribution < -0.4 is 16.1 Å². The van der Waals surface area contributed by atoms with E-state index in [1.807, 2.05) is 37.3 Å². The quantitative estimate of drug-likeness (QED) is 0.590. The van der Waals surface area contributed by atoms with Crippen molar-refractivity contribution in [1.82, 2.24) is 0 Å². The monoisotopic (exact) mass is 281 g/mol. The van der Waals surface area contributed by atoms with Gasteiger partial charge in [0.2, 0.25) is 0 Å². The van der Waals surface area contributed by atoms with Gasteiger partial charge < -0.3 is 14.9 Å². The number of rotatable bonds is 3. The fourth-order valence-electron chi connectivity index (χ4n) is 2.21. The van der Waals surface area contributed by atoms with Crippen LogP contribution in [0, 0.1) is 0 Å². The molecule has 0 aliphatic carbocycles. The molecule has 0 unspecified atom stereocenters. The summed E-state index contributed by atoms with van der Waals surface area (Å²) >= 11 is 0. The zero-order chi connectivity index (χ0) is 14.8. The first-order chi connectivity index (χ1) is 10.2. The van der Waals surface area contributed by atoms with E-state index < -0.39 is 0 Å². The average Bonchev–Trinajstić information content (AvgIpc) is 2.48. The lowest BCUT2D eigenvalue weighted by molar-refractivity contribution is 0.340. The maximum Gasteiger partial charge on any atom is 0.344 e. The number of hydrogen-bond acceptors (Lipinski definition) is 4. The number of benzene rings is 2. The molecule has 4 heteroatoms. The van der Waals surface area contributed by atoms with E-state index in [2.05, 4.69) is 0 Å². The summed E-state index contributed by atoms with van der Waals surface area (Å²) in [4.78, 5) is 12.1. The van der Waals surface area contributed by atoms with E-state index in [9.17, 15) is 4.79 Å². The zero-order valence-corrected chi connectivity index (χ0v) is 11.6. The summed E-state index contributed by atoms with van der Waals surface area (Å²) in [6.45, 7) is 2.48. The first-order valence-electron chi connectivity index (χ1n) is 6.74. The van der Waals surface area contributed by atoms with Gasteiger partial charge >= 0.3 is 5.63 Å². The van der Waals surface area contributed by atoms with Crippen molar-refractivity contribution in [3.8, 4) is 16.9 Å². The van der Waals surface area contributed by atoms with Gasteiger partial charge in [-0.05, 0) is 42.8 Å². The fourth-order valence-corrected chi connectivity index (χ4v) is 2.21. The van der Waals surface area contributed by atoms with E-state index in [4.69, 9.17) is 14.9 Å². The van der Waals surface area contributed by atoms with E-state index in [-0.39, 0.29) is 5.63 Å². The molecule has 0 radical (unpaired) electrons. The molecule has 3 aromatic rings. The van der Waals surface area contributed by atoms with Crippen molar-refractivity contribution in [2.45, 2.75) is 6.92 Å². The molecule has 0 saturated heterocycles. The molecule has 0 fully saturated rings. The van der Waals surface area contributed by atoms with Crippen LogP contribution in [0.3, 0.4) is 0 Å². The molecule has 1 heterocycles. The molecule has 0 amide bonds. The van der Waals surface area contributed by atoms with Gasteiger partial charge in [0.05, 0.1) is 12.2 Å². The largest absolute Gasteiger partial charge is 0.494 e. The summed E-state index contributed by atoms with van der Waals surface area (Å²) < 4.78 is 10.8. The number of fused-ring (bicyclic) bond motifs is 1. The van der Waals surface area contributed by atoms with Crippen LogP contribution in [0.15, 0.2) is 57.7 Å². The number of nitrogen functional groups attached to an aromatic ring is 1. The molecule has 106 valence electrons. The highest BCUT2D eigenvalue weighted by molar-refractivity contribution is 5.82. The Bertz CT molecular complexity index is 835. The van der Waals surface area contributed by atoms with Crippen LogP contribution in [0.4, 0.5) is 5.69 Å². The summed E-state index contributed by atoms with van der Waals surface area (Å²) in [6.07, 6.45) is 0. The third kappa shape index (κ3) is 2.60. The average molecular weight is 281 g/mol. The Morgan fingerprint density at radius 2 is 1.86 bits per heavy atom. The van der Waals surface area contributed by atoms with Crippen LogP contribution in [0.2, 0.25) is 0 Å². The van der Waals surface area contributed by atoms with Crippen molar-refractivity contribution in [1.29, 1.82) is 0 Å². The molecule has 0 spiro atoms. The lowest BCUT2D eigenvalue weighted by atomic mass is 10.1. The maximum atomic E-state index is 12.1. The van der Waals surface area contributed by atoms with E-state index in [1.54, 1.807) is 18.2 Å². The Kier molecular flexibility index (Phi) is 3.36. The van der Waals surface area contributed by atoms with Gasteiger partial charge in [0, 0.05) is 17.1 Å². The summed E-state index contributed by atoms with van der Waals surface area (Å²) in [6, 6.07) is 14.4. The third-order valence-corrected chi connectivity index (χ3v) is 3.24. The van der Waals surface area contributed by atoms with Crippen LogP contribution in [0.1, 0.15) is 6.92 Å². The second-order valence-corrected chi connectivity index (χ2v) is 4.70. The van der Waals surface area contributed by atoms with Gasteiger partial charge in [0.1, 0.15) is 11.3 Å². The molecule has 0 bridgehead atoms. The molecule has 0 saturated carbocycles. The minimum Gasteiger partial charge on any atom is -0.494 e. The number of ether oxygens (including phenoxy) is 1. The molecule has 2 N–H and O–H groups in total. The zero-order valence-electron chi connectivity index (χ0n) is 11.6. The van der Waals surface area contributed by atoms with Crippen molar-refractivity contribution in [3.05, 3.63) is 59.0 Å². The van der Waals surface area contributed by atoms with Gasteiger partial charge in [0.25, 0.3) is 0 Å². The minimum atomic E-state index is -0.374. The third-order valence-electron chi connectivity index (χ3n) is 3.24. The standard InChI is InChI=1S/C17H15NO3/c1-2-20-14-8-5-12-9-15(17(19)21-16(12)10-14)11-3-6-13(18)7-4-11/h3-10H,2,18H2,1H3. The van der Waals surface area contributed by atoms with Gasteiger partial charge in [-0.2, -0.15) is 0 Å². The van der Waals surface area contributed by atoms with Crippen LogP contribution in [-0.2, 0) is 0 Å². The van der Waals surface area contributed by atoms with E-state index in [0.717, 1.165) is 10.9 Å². The van der Waals surface area contributed by atoms with Gasteiger partial charge in [-0.3, -0.25) is 0 Å². The lowest BCUT2D eigenvalue weighted by Crippen LogP contribution is -2.03. The fraction of sp³-hybridized carbons (Fsp3) is 0.118. The molecule has 0 aliphatic rings. The Hall–Kier alpha value is -2.75. The van der Waals surface area contributed by atoms with Crippen molar-refractivity contribution >= 4 is 16.7 Å². The molecular formula is C17H15NO3. The van der Waals surface area contributed by atoms with Crippen molar-refractivity contribution in [2.24, 2.45) is 0 Å². The number of anilines is 1. The molecular weight excluding hydrogens is 266 g/mol. The van der Waals surface area contributed by atoms with E-state index in [1.165, 1.54) is 0 Å². The van der Waals surface area contributed by atoms with Crippen LogP contribution in [-0.4, -0.2) is 6.61 Å². The van der Waals surface area contributed by atoms with Gasteiger partial charge in [0.15, 0.2) is 0 Å². The van der Waals surface area contributed by atoms with E-state index in [0.29, 0.717) is 29.2 Å². The second-order valence-electron chi connectivity index (χ2n) is 4.70. The molecule has 4 nitrogen and oxygen atoms in total. The summed E-state index contributed by atoms with van der Waals surface area (Å²) in [5.74, 6) is 0.688. The molecule has 0 aliphatic heterocycles. The van der Waals surface area contributed by atoms with Crippen molar-refractivity contribution < 1.29 is 9.15 Å². The first-order valence-corrected chi connectivity index (χ1v) is 6.74. The Morgan fingerprint density at radius 3 is 2.57 bits per heavy atom. The molecule has 2 aromatic carbocycles. The Morgan fingerprint density at radius 1 is 1.10 bits per heavy atom. The summed E-state index contributed by atoms with van der Waals surface area (Å²) in [5, 5.41) is 0.852. The normalized spacial score (nSPS) is 10.7. The van der Waals surface area contributed by atoms with Gasteiger partial charge in [-0.15, -0.1) is 0 Å². The topological polar surface area (TPSA) is 65.5 Å². The smallest absolute Gasteiger partial charge is 0.344 e. The highest BCUT2D eigenvalue weighted by Gasteiger charge is 2.08. The predicted octanol–water partition coefficient (Wildman–Crippen LogP) is 3.44. The highest BCUT2D eigenvalue weighted by Crippen LogP contribution is 2.24. The van der Waals surface area contributed by atoms with Crippen molar-refractivity contribution in [3.63, 3.8) is 0 Å². The summed E-state index contributed by atoms with van der Waals surface area (Å²) in [7, 11) is 0. The summed E-state index contributed by atoms with van der Waals surface area (Å²) in [5.41, 5.74) is 7.77.